The number of pyridine rings is 1. The lowest BCUT2D eigenvalue weighted by atomic mass is 10.2. The highest BCUT2D eigenvalue weighted by atomic mass is 19.4. The van der Waals surface area contributed by atoms with Gasteiger partial charge in [-0.1, -0.05) is 18.2 Å². The molecular formula is C20H15F4N3O. The Morgan fingerprint density at radius 1 is 0.964 bits per heavy atom. The number of carbonyl (C=O) groups excluding carboxylic acids is 1. The summed E-state index contributed by atoms with van der Waals surface area (Å²) in [4.78, 5) is 16.2. The largest absolute Gasteiger partial charge is 0.416 e. The third kappa shape index (κ3) is 4.85. The summed E-state index contributed by atoms with van der Waals surface area (Å²) in [6, 6.07) is 13.6. The Morgan fingerprint density at radius 2 is 1.68 bits per heavy atom. The number of hydrogen-bond acceptors (Lipinski definition) is 3. The Bertz CT molecular complexity index is 972. The molecule has 0 radical (unpaired) electrons. The van der Waals surface area contributed by atoms with Crippen LogP contribution in [0, 0.1) is 5.82 Å². The van der Waals surface area contributed by atoms with E-state index in [-0.39, 0.29) is 12.2 Å². The number of nitrogens with zero attached hydrogens (tertiary/aromatic N) is 1. The number of aromatic nitrogens is 1. The average molecular weight is 389 g/mol. The van der Waals surface area contributed by atoms with E-state index in [0.29, 0.717) is 16.9 Å². The summed E-state index contributed by atoms with van der Waals surface area (Å²) < 4.78 is 51.4. The third-order valence-corrected chi connectivity index (χ3v) is 3.89. The molecule has 1 aromatic heterocycles. The molecule has 0 saturated heterocycles. The first-order valence-electron chi connectivity index (χ1n) is 8.25. The van der Waals surface area contributed by atoms with Gasteiger partial charge in [0.05, 0.1) is 5.56 Å². The van der Waals surface area contributed by atoms with Crippen molar-refractivity contribution in [2.24, 2.45) is 0 Å². The van der Waals surface area contributed by atoms with Gasteiger partial charge in [0.25, 0.3) is 5.91 Å². The van der Waals surface area contributed by atoms with Crippen molar-refractivity contribution in [3.63, 3.8) is 0 Å². The highest BCUT2D eigenvalue weighted by Crippen LogP contribution is 2.30. The Balaban J connectivity index is 1.66. The van der Waals surface area contributed by atoms with Crippen molar-refractivity contribution in [3.8, 4) is 0 Å². The van der Waals surface area contributed by atoms with E-state index in [0.717, 1.165) is 12.1 Å². The van der Waals surface area contributed by atoms with Crippen LogP contribution in [-0.4, -0.2) is 10.9 Å². The van der Waals surface area contributed by atoms with Crippen molar-refractivity contribution in [1.29, 1.82) is 0 Å². The van der Waals surface area contributed by atoms with Gasteiger partial charge in [0.15, 0.2) is 0 Å². The molecule has 4 nitrogen and oxygen atoms in total. The van der Waals surface area contributed by atoms with Crippen molar-refractivity contribution < 1.29 is 22.4 Å². The fourth-order valence-corrected chi connectivity index (χ4v) is 2.45. The molecule has 0 saturated carbocycles. The second kappa shape index (κ2) is 8.08. The highest BCUT2D eigenvalue weighted by molar-refractivity contribution is 5.93. The van der Waals surface area contributed by atoms with E-state index in [2.05, 4.69) is 15.6 Å². The summed E-state index contributed by atoms with van der Waals surface area (Å²) in [5, 5.41) is 5.49. The van der Waals surface area contributed by atoms with Gasteiger partial charge in [-0.05, 0) is 42.5 Å². The normalized spacial score (nSPS) is 11.1. The molecule has 3 rings (SSSR count). The minimum absolute atomic E-state index is 0.00372. The van der Waals surface area contributed by atoms with E-state index in [4.69, 9.17) is 0 Å². The number of carbonyl (C=O) groups is 1. The van der Waals surface area contributed by atoms with Gasteiger partial charge < -0.3 is 10.6 Å². The molecule has 0 aliphatic carbocycles. The maximum absolute atomic E-state index is 13.6. The van der Waals surface area contributed by atoms with Gasteiger partial charge in [0.1, 0.15) is 11.5 Å². The van der Waals surface area contributed by atoms with E-state index in [1.54, 1.807) is 24.3 Å². The topological polar surface area (TPSA) is 54.0 Å². The molecule has 0 spiro atoms. The SMILES string of the molecule is O=C(NCc1ccccc1F)c1cc(Nc2ccc(C(F)(F)F)cc2)ccn1. The summed E-state index contributed by atoms with van der Waals surface area (Å²) in [5.41, 5.74) is 0.590. The van der Waals surface area contributed by atoms with E-state index < -0.39 is 23.5 Å². The van der Waals surface area contributed by atoms with E-state index in [1.807, 2.05) is 0 Å². The van der Waals surface area contributed by atoms with Crippen LogP contribution in [0.25, 0.3) is 0 Å². The maximum atomic E-state index is 13.6. The fourth-order valence-electron chi connectivity index (χ4n) is 2.45. The summed E-state index contributed by atoms with van der Waals surface area (Å²) in [6.07, 6.45) is -3.01. The van der Waals surface area contributed by atoms with E-state index >= 15 is 0 Å². The zero-order valence-corrected chi connectivity index (χ0v) is 14.4. The number of hydrogen-bond donors (Lipinski definition) is 2. The molecule has 1 heterocycles. The van der Waals surface area contributed by atoms with Crippen LogP contribution in [0.4, 0.5) is 28.9 Å². The van der Waals surface area contributed by atoms with Crippen molar-refractivity contribution >= 4 is 17.3 Å². The molecule has 0 unspecified atom stereocenters. The first-order valence-corrected chi connectivity index (χ1v) is 8.25. The lowest BCUT2D eigenvalue weighted by molar-refractivity contribution is -0.137. The second-order valence-electron chi connectivity index (χ2n) is 5.90. The molecule has 3 aromatic rings. The maximum Gasteiger partial charge on any atom is 0.416 e. The van der Waals surface area contributed by atoms with Crippen molar-refractivity contribution in [3.05, 3.63) is 89.5 Å². The van der Waals surface area contributed by atoms with E-state index in [9.17, 15) is 22.4 Å². The number of benzene rings is 2. The molecule has 2 N–H and O–H groups in total. The van der Waals surface area contributed by atoms with Gasteiger partial charge in [0, 0.05) is 29.7 Å². The molecule has 8 heteroatoms. The van der Waals surface area contributed by atoms with E-state index in [1.165, 1.54) is 30.5 Å². The molecule has 0 atom stereocenters. The Labute approximate surface area is 158 Å². The smallest absolute Gasteiger partial charge is 0.355 e. The number of rotatable bonds is 5. The van der Waals surface area contributed by atoms with Crippen LogP contribution in [0.5, 0.6) is 0 Å². The molecule has 0 aliphatic heterocycles. The van der Waals surface area contributed by atoms with Gasteiger partial charge in [-0.25, -0.2) is 4.39 Å². The number of halogens is 4. The van der Waals surface area contributed by atoms with Crippen molar-refractivity contribution in [1.82, 2.24) is 10.3 Å². The summed E-state index contributed by atoms with van der Waals surface area (Å²) in [7, 11) is 0. The Hall–Kier alpha value is -3.42. The number of nitrogens with one attached hydrogen (secondary N) is 2. The van der Waals surface area contributed by atoms with Crippen LogP contribution in [0.2, 0.25) is 0 Å². The zero-order valence-electron chi connectivity index (χ0n) is 14.4. The molecule has 28 heavy (non-hydrogen) atoms. The monoisotopic (exact) mass is 389 g/mol. The summed E-state index contributed by atoms with van der Waals surface area (Å²) in [5.74, 6) is -0.923. The number of amides is 1. The van der Waals surface area contributed by atoms with Gasteiger partial charge in [-0.3, -0.25) is 9.78 Å². The molecule has 0 fully saturated rings. The first kappa shape index (κ1) is 19.3. The molecular weight excluding hydrogens is 374 g/mol. The van der Waals surface area contributed by atoms with Crippen LogP contribution >= 0.6 is 0 Å². The minimum atomic E-state index is -4.40. The van der Waals surface area contributed by atoms with Crippen molar-refractivity contribution in [2.45, 2.75) is 12.7 Å². The van der Waals surface area contributed by atoms with Crippen LogP contribution < -0.4 is 10.6 Å². The van der Waals surface area contributed by atoms with Gasteiger partial charge in [0.2, 0.25) is 0 Å². The predicted molar refractivity (Wildman–Crippen MR) is 96.5 cm³/mol. The lowest BCUT2D eigenvalue weighted by Gasteiger charge is -2.10. The average Bonchev–Trinajstić information content (AvgIpc) is 2.67. The molecule has 2 aromatic carbocycles. The first-order chi connectivity index (χ1) is 13.3. The van der Waals surface area contributed by atoms with Crippen LogP contribution in [-0.2, 0) is 12.7 Å². The minimum Gasteiger partial charge on any atom is -0.355 e. The number of alkyl halides is 3. The van der Waals surface area contributed by atoms with Crippen LogP contribution in [0.3, 0.4) is 0 Å². The third-order valence-electron chi connectivity index (χ3n) is 3.89. The zero-order chi connectivity index (χ0) is 20.1. The quantitative estimate of drug-likeness (QED) is 0.610. The highest BCUT2D eigenvalue weighted by Gasteiger charge is 2.29. The Morgan fingerprint density at radius 3 is 2.36 bits per heavy atom. The molecule has 1 amide bonds. The van der Waals surface area contributed by atoms with Gasteiger partial charge in [-0.2, -0.15) is 13.2 Å². The van der Waals surface area contributed by atoms with Gasteiger partial charge in [-0.15, -0.1) is 0 Å². The standard InChI is InChI=1S/C20H15F4N3O/c21-17-4-2-1-3-13(17)12-26-19(28)18-11-16(9-10-25-18)27-15-7-5-14(6-8-15)20(22,23)24/h1-11H,12H2,(H,25,27)(H,26,28). The second-order valence-corrected chi connectivity index (χ2v) is 5.90. The fraction of sp³-hybridized carbons (Fsp3) is 0.100. The van der Waals surface area contributed by atoms with Gasteiger partial charge >= 0.3 is 6.18 Å². The molecule has 0 aliphatic rings. The Kier molecular flexibility index (Phi) is 5.58. The lowest BCUT2D eigenvalue weighted by Crippen LogP contribution is -2.24. The summed E-state index contributed by atoms with van der Waals surface area (Å²) >= 11 is 0. The van der Waals surface area contributed by atoms with Crippen molar-refractivity contribution in [2.75, 3.05) is 5.32 Å². The molecule has 0 bridgehead atoms. The molecule has 144 valence electrons. The number of anilines is 2. The predicted octanol–water partition coefficient (Wildman–Crippen LogP) is 4.91. The van der Waals surface area contributed by atoms with Crippen LogP contribution in [0.15, 0.2) is 66.9 Å². The summed E-state index contributed by atoms with van der Waals surface area (Å²) in [6.45, 7) is 0.00372. The van der Waals surface area contributed by atoms with Crippen LogP contribution in [0.1, 0.15) is 21.6 Å².